The fraction of sp³-hybridized carbons (Fsp3) is 0.143. The molecule has 0 aliphatic heterocycles. The molecule has 0 saturated carbocycles. The summed E-state index contributed by atoms with van der Waals surface area (Å²) in [6, 6.07) is 14.2. The molecule has 3 aromatic rings. The summed E-state index contributed by atoms with van der Waals surface area (Å²) in [5.41, 5.74) is 1.15. The van der Waals surface area contributed by atoms with Gasteiger partial charge in [0.15, 0.2) is 0 Å². The molecular formula is C21H19F2N3O2. The van der Waals surface area contributed by atoms with Crippen molar-refractivity contribution in [3.63, 3.8) is 0 Å². The zero-order valence-electron chi connectivity index (χ0n) is 15.2. The Bertz CT molecular complexity index is 925. The first-order chi connectivity index (χ1) is 13.6. The Morgan fingerprint density at radius 2 is 1.75 bits per heavy atom. The number of ether oxygens (including phenoxy) is 1. The number of aromatic nitrogens is 1. The summed E-state index contributed by atoms with van der Waals surface area (Å²) >= 11 is 0. The van der Waals surface area contributed by atoms with Gasteiger partial charge in [0.1, 0.15) is 28.9 Å². The Hall–Kier alpha value is -3.48. The van der Waals surface area contributed by atoms with Crippen LogP contribution < -0.4 is 15.4 Å². The molecule has 0 radical (unpaired) electrons. The van der Waals surface area contributed by atoms with E-state index in [4.69, 9.17) is 4.74 Å². The van der Waals surface area contributed by atoms with Crippen LogP contribution in [0.5, 0.6) is 5.75 Å². The fourth-order valence-electron chi connectivity index (χ4n) is 2.56. The summed E-state index contributed by atoms with van der Waals surface area (Å²) in [6.07, 6.45) is 2.03. The highest BCUT2D eigenvalue weighted by Gasteiger charge is 2.10. The van der Waals surface area contributed by atoms with E-state index in [2.05, 4.69) is 15.6 Å². The molecule has 144 valence electrons. The lowest BCUT2D eigenvalue weighted by Gasteiger charge is -2.09. The van der Waals surface area contributed by atoms with Crippen LogP contribution in [-0.4, -0.2) is 24.5 Å². The van der Waals surface area contributed by atoms with Gasteiger partial charge in [0.25, 0.3) is 5.91 Å². The average Bonchev–Trinajstić information content (AvgIpc) is 2.72. The van der Waals surface area contributed by atoms with Crippen molar-refractivity contribution in [1.82, 2.24) is 10.3 Å². The van der Waals surface area contributed by atoms with Crippen molar-refractivity contribution in [2.75, 3.05) is 19.0 Å². The number of benzene rings is 2. The number of carbonyl (C=O) groups excluding carboxylic acids is 1. The third kappa shape index (κ3) is 4.82. The van der Waals surface area contributed by atoms with E-state index >= 15 is 0 Å². The van der Waals surface area contributed by atoms with E-state index in [1.54, 1.807) is 7.11 Å². The number of nitrogens with zero attached hydrogens (tertiary/aromatic N) is 1. The lowest BCUT2D eigenvalue weighted by Crippen LogP contribution is -2.25. The van der Waals surface area contributed by atoms with E-state index in [0.717, 1.165) is 23.4 Å². The van der Waals surface area contributed by atoms with Crippen molar-refractivity contribution in [3.8, 4) is 5.75 Å². The number of pyridine rings is 1. The van der Waals surface area contributed by atoms with Gasteiger partial charge in [-0.3, -0.25) is 4.79 Å². The predicted molar refractivity (Wildman–Crippen MR) is 103 cm³/mol. The van der Waals surface area contributed by atoms with Gasteiger partial charge >= 0.3 is 0 Å². The van der Waals surface area contributed by atoms with Gasteiger partial charge in [0, 0.05) is 12.7 Å². The van der Waals surface area contributed by atoms with Gasteiger partial charge in [-0.05, 0) is 48.4 Å². The monoisotopic (exact) mass is 383 g/mol. The SMILES string of the molecule is COc1ccc(CCNC(=O)c2ccc(Nc3c(F)cccc3F)nc2)cc1. The van der Waals surface area contributed by atoms with Crippen molar-refractivity contribution in [2.24, 2.45) is 0 Å². The number of rotatable bonds is 7. The second-order valence-electron chi connectivity index (χ2n) is 6.01. The van der Waals surface area contributed by atoms with E-state index in [1.807, 2.05) is 24.3 Å². The molecule has 2 aromatic carbocycles. The lowest BCUT2D eigenvalue weighted by molar-refractivity contribution is 0.0954. The van der Waals surface area contributed by atoms with Gasteiger partial charge in [-0.25, -0.2) is 13.8 Å². The van der Waals surface area contributed by atoms with Crippen LogP contribution in [0.2, 0.25) is 0 Å². The summed E-state index contributed by atoms with van der Waals surface area (Å²) in [5, 5.41) is 5.39. The van der Waals surface area contributed by atoms with Crippen LogP contribution in [0.15, 0.2) is 60.8 Å². The molecule has 7 heteroatoms. The summed E-state index contributed by atoms with van der Waals surface area (Å²) in [5.74, 6) is -0.699. The Balaban J connectivity index is 1.54. The Morgan fingerprint density at radius 3 is 2.36 bits per heavy atom. The molecule has 28 heavy (non-hydrogen) atoms. The van der Waals surface area contributed by atoms with E-state index in [0.29, 0.717) is 18.5 Å². The summed E-state index contributed by atoms with van der Waals surface area (Å²) in [7, 11) is 1.61. The summed E-state index contributed by atoms with van der Waals surface area (Å²) in [6.45, 7) is 0.464. The molecule has 1 aromatic heterocycles. The van der Waals surface area contributed by atoms with Crippen LogP contribution in [0, 0.1) is 11.6 Å². The van der Waals surface area contributed by atoms with E-state index in [-0.39, 0.29) is 17.4 Å². The topological polar surface area (TPSA) is 63.2 Å². The van der Waals surface area contributed by atoms with Gasteiger partial charge in [0.05, 0.1) is 12.7 Å². The highest BCUT2D eigenvalue weighted by Crippen LogP contribution is 2.22. The van der Waals surface area contributed by atoms with Crippen molar-refractivity contribution in [3.05, 3.63) is 83.6 Å². The molecule has 2 N–H and O–H groups in total. The quantitative estimate of drug-likeness (QED) is 0.645. The molecule has 0 bridgehead atoms. The number of anilines is 2. The molecule has 5 nitrogen and oxygen atoms in total. The molecule has 0 saturated heterocycles. The number of methoxy groups -OCH3 is 1. The highest BCUT2D eigenvalue weighted by molar-refractivity contribution is 5.94. The van der Waals surface area contributed by atoms with E-state index in [1.165, 1.54) is 24.4 Å². The summed E-state index contributed by atoms with van der Waals surface area (Å²) < 4.78 is 32.4. The third-order valence-electron chi connectivity index (χ3n) is 4.10. The smallest absolute Gasteiger partial charge is 0.252 e. The molecule has 1 amide bonds. The minimum Gasteiger partial charge on any atom is -0.497 e. The number of carbonyl (C=O) groups is 1. The Morgan fingerprint density at radius 1 is 1.04 bits per heavy atom. The van der Waals surface area contributed by atoms with E-state index in [9.17, 15) is 13.6 Å². The van der Waals surface area contributed by atoms with Crippen molar-refractivity contribution >= 4 is 17.4 Å². The molecule has 0 unspecified atom stereocenters. The number of hydrogen-bond acceptors (Lipinski definition) is 4. The third-order valence-corrected chi connectivity index (χ3v) is 4.10. The fourth-order valence-corrected chi connectivity index (χ4v) is 2.56. The van der Waals surface area contributed by atoms with Gasteiger partial charge in [-0.1, -0.05) is 18.2 Å². The first kappa shape index (κ1) is 19.3. The second-order valence-corrected chi connectivity index (χ2v) is 6.01. The molecule has 3 rings (SSSR count). The van der Waals surface area contributed by atoms with Crippen LogP contribution in [0.4, 0.5) is 20.3 Å². The molecule has 0 aliphatic rings. The number of hydrogen-bond donors (Lipinski definition) is 2. The number of halogens is 2. The minimum atomic E-state index is -0.720. The Labute approximate surface area is 161 Å². The molecule has 0 atom stereocenters. The Kier molecular flexibility index (Phi) is 6.16. The summed E-state index contributed by atoms with van der Waals surface area (Å²) in [4.78, 5) is 16.2. The minimum absolute atomic E-state index is 0.235. The first-order valence-electron chi connectivity index (χ1n) is 8.65. The van der Waals surface area contributed by atoms with Gasteiger partial charge in [0.2, 0.25) is 0 Å². The molecule has 0 spiro atoms. The van der Waals surface area contributed by atoms with Gasteiger partial charge in [-0.2, -0.15) is 0 Å². The van der Waals surface area contributed by atoms with Gasteiger partial charge in [-0.15, -0.1) is 0 Å². The number of amides is 1. The maximum absolute atomic E-state index is 13.7. The maximum atomic E-state index is 13.7. The number of nitrogens with one attached hydrogen (secondary N) is 2. The number of para-hydroxylation sites is 1. The van der Waals surface area contributed by atoms with Crippen LogP contribution in [-0.2, 0) is 6.42 Å². The van der Waals surface area contributed by atoms with E-state index < -0.39 is 11.6 Å². The molecule has 0 aliphatic carbocycles. The maximum Gasteiger partial charge on any atom is 0.252 e. The average molecular weight is 383 g/mol. The molecular weight excluding hydrogens is 364 g/mol. The van der Waals surface area contributed by atoms with Crippen molar-refractivity contribution < 1.29 is 18.3 Å². The predicted octanol–water partition coefficient (Wildman–Crippen LogP) is 4.08. The standard InChI is InChI=1S/C21H19F2N3O2/c1-28-16-8-5-14(6-9-16)11-12-24-21(27)15-7-10-19(25-13-15)26-20-17(22)3-2-4-18(20)23/h2-10,13H,11-12H2,1H3,(H,24,27)(H,25,26). The zero-order valence-corrected chi connectivity index (χ0v) is 15.2. The molecule has 0 fully saturated rings. The largest absolute Gasteiger partial charge is 0.497 e. The molecule has 1 heterocycles. The van der Waals surface area contributed by atoms with Gasteiger partial charge < -0.3 is 15.4 Å². The normalized spacial score (nSPS) is 10.4. The van der Waals surface area contributed by atoms with Crippen LogP contribution in [0.1, 0.15) is 15.9 Å². The highest BCUT2D eigenvalue weighted by atomic mass is 19.1. The zero-order chi connectivity index (χ0) is 19.9. The van der Waals surface area contributed by atoms with Crippen molar-refractivity contribution in [2.45, 2.75) is 6.42 Å². The van der Waals surface area contributed by atoms with Crippen LogP contribution >= 0.6 is 0 Å². The van der Waals surface area contributed by atoms with Crippen LogP contribution in [0.25, 0.3) is 0 Å². The van der Waals surface area contributed by atoms with Crippen molar-refractivity contribution in [1.29, 1.82) is 0 Å². The lowest BCUT2D eigenvalue weighted by atomic mass is 10.1. The van der Waals surface area contributed by atoms with Crippen LogP contribution in [0.3, 0.4) is 0 Å². The first-order valence-corrected chi connectivity index (χ1v) is 8.65. The second kappa shape index (κ2) is 8.94.